The number of ether oxygens (including phenoxy) is 3. The summed E-state index contributed by atoms with van der Waals surface area (Å²) >= 11 is 0. The molecule has 0 aliphatic heterocycles. The van der Waals surface area contributed by atoms with Crippen LogP contribution in [-0.2, 0) is 4.57 Å². The second-order valence-corrected chi connectivity index (χ2v) is 7.47. The van der Waals surface area contributed by atoms with Gasteiger partial charge in [0.2, 0.25) is 5.78 Å². The number of carbonyl (C=O) groups is 1. The van der Waals surface area contributed by atoms with E-state index in [1.54, 1.807) is 30.3 Å². The first-order valence-electron chi connectivity index (χ1n) is 9.07. The van der Waals surface area contributed by atoms with Crippen LogP contribution in [0, 0.1) is 0 Å². The topological polar surface area (TPSA) is 103 Å². The normalized spacial score (nSPS) is 12.0. The number of para-hydroxylation sites is 1. The molecule has 10 heteroatoms. The van der Waals surface area contributed by atoms with E-state index in [1.807, 2.05) is 0 Å². The van der Waals surface area contributed by atoms with Gasteiger partial charge in [-0.25, -0.2) is 4.57 Å². The Labute approximate surface area is 207 Å². The van der Waals surface area contributed by atoms with Crippen LogP contribution in [0.15, 0.2) is 66.7 Å². The SMILES string of the molecule is COc1cc(OC)c(C(=O)c2cccc(OP(=O)([O-])Oc3ccccc3)c2)c(OC)c1.[Na+]. The predicted octanol–water partition coefficient (Wildman–Crippen LogP) is 0.874. The third-order valence-electron chi connectivity index (χ3n) is 4.22. The van der Waals surface area contributed by atoms with E-state index in [0.29, 0.717) is 5.75 Å². The molecule has 0 saturated carbocycles. The summed E-state index contributed by atoms with van der Waals surface area (Å²) in [6.07, 6.45) is 0. The molecule has 8 nitrogen and oxygen atoms in total. The minimum absolute atomic E-state index is 0. The van der Waals surface area contributed by atoms with E-state index >= 15 is 0 Å². The van der Waals surface area contributed by atoms with Crippen molar-refractivity contribution in [1.29, 1.82) is 0 Å². The van der Waals surface area contributed by atoms with Crippen LogP contribution < -0.4 is 57.7 Å². The number of hydrogen-bond donors (Lipinski definition) is 0. The Morgan fingerprint density at radius 1 is 0.750 bits per heavy atom. The number of methoxy groups -OCH3 is 3. The summed E-state index contributed by atoms with van der Waals surface area (Å²) in [6, 6.07) is 16.8. The molecule has 0 aromatic heterocycles. The van der Waals surface area contributed by atoms with Crippen molar-refractivity contribution < 1.29 is 67.1 Å². The summed E-state index contributed by atoms with van der Waals surface area (Å²) in [4.78, 5) is 25.4. The zero-order valence-corrected chi connectivity index (χ0v) is 21.0. The summed E-state index contributed by atoms with van der Waals surface area (Å²) in [7, 11) is -0.414. The van der Waals surface area contributed by atoms with E-state index in [2.05, 4.69) is 0 Å². The van der Waals surface area contributed by atoms with Crippen molar-refractivity contribution in [2.75, 3.05) is 21.3 Å². The van der Waals surface area contributed by atoms with Crippen molar-refractivity contribution in [3.8, 4) is 28.7 Å². The minimum Gasteiger partial charge on any atom is -0.736 e. The monoisotopic (exact) mass is 466 g/mol. The molecule has 0 aliphatic carbocycles. The third-order valence-corrected chi connectivity index (χ3v) is 5.08. The minimum atomic E-state index is -4.73. The van der Waals surface area contributed by atoms with Crippen LogP contribution in [0.2, 0.25) is 0 Å². The van der Waals surface area contributed by atoms with Crippen molar-refractivity contribution in [3.05, 3.63) is 77.9 Å². The Morgan fingerprint density at radius 2 is 1.31 bits per heavy atom. The number of phosphoric acid groups is 1. The van der Waals surface area contributed by atoms with Crippen LogP contribution in [0.25, 0.3) is 0 Å². The van der Waals surface area contributed by atoms with E-state index in [9.17, 15) is 14.3 Å². The smallest absolute Gasteiger partial charge is 0.736 e. The third kappa shape index (κ3) is 6.28. The van der Waals surface area contributed by atoms with Crippen molar-refractivity contribution in [1.82, 2.24) is 0 Å². The quantitative estimate of drug-likeness (QED) is 0.260. The summed E-state index contributed by atoms with van der Waals surface area (Å²) < 4.78 is 38.0. The van der Waals surface area contributed by atoms with Gasteiger partial charge in [0.25, 0.3) is 0 Å². The van der Waals surface area contributed by atoms with E-state index < -0.39 is 13.6 Å². The van der Waals surface area contributed by atoms with E-state index in [4.69, 9.17) is 23.3 Å². The first-order chi connectivity index (χ1) is 14.9. The molecular weight excluding hydrogens is 446 g/mol. The molecule has 3 aromatic carbocycles. The number of phosphoric ester groups is 1. The Bertz CT molecular complexity index is 1090. The van der Waals surface area contributed by atoms with Gasteiger partial charge in [-0.3, -0.25) is 4.79 Å². The van der Waals surface area contributed by atoms with Crippen LogP contribution in [0.4, 0.5) is 0 Å². The summed E-state index contributed by atoms with van der Waals surface area (Å²) in [5.74, 6) is 0.524. The van der Waals surface area contributed by atoms with Crippen LogP contribution >= 0.6 is 7.82 Å². The van der Waals surface area contributed by atoms with Crippen molar-refractivity contribution in [2.45, 2.75) is 0 Å². The summed E-state index contributed by atoms with van der Waals surface area (Å²) in [5.41, 5.74) is 0.327. The fourth-order valence-corrected chi connectivity index (χ4v) is 3.62. The molecule has 0 spiro atoms. The van der Waals surface area contributed by atoms with Crippen LogP contribution in [0.5, 0.6) is 28.7 Å². The van der Waals surface area contributed by atoms with Gasteiger partial charge in [-0.15, -0.1) is 0 Å². The molecule has 0 N–H and O–H groups in total. The maximum Gasteiger partial charge on any atom is 1.00 e. The summed E-state index contributed by atoms with van der Waals surface area (Å²) in [5, 5.41) is 0. The second-order valence-electron chi connectivity index (χ2n) is 6.21. The summed E-state index contributed by atoms with van der Waals surface area (Å²) in [6.45, 7) is 0. The van der Waals surface area contributed by atoms with Gasteiger partial charge in [-0.05, 0) is 24.3 Å². The van der Waals surface area contributed by atoms with E-state index in [0.717, 1.165) is 0 Å². The van der Waals surface area contributed by atoms with Gasteiger partial charge in [-0.2, -0.15) is 0 Å². The van der Waals surface area contributed by atoms with Crippen molar-refractivity contribution in [2.24, 2.45) is 0 Å². The van der Waals surface area contributed by atoms with E-state index in [1.165, 1.54) is 57.7 Å². The van der Waals surface area contributed by atoms with Crippen LogP contribution in [0.1, 0.15) is 15.9 Å². The molecule has 0 heterocycles. The molecule has 0 aliphatic rings. The zero-order chi connectivity index (χ0) is 22.4. The molecule has 0 fully saturated rings. The zero-order valence-electron chi connectivity index (χ0n) is 18.1. The molecular formula is C22H20NaO8P. The molecule has 32 heavy (non-hydrogen) atoms. The Hall–Kier alpha value is -2.48. The van der Waals surface area contributed by atoms with Gasteiger partial charge in [0.05, 0.1) is 21.3 Å². The number of ketones is 1. The first-order valence-corrected chi connectivity index (χ1v) is 10.5. The first kappa shape index (κ1) is 25.8. The van der Waals surface area contributed by atoms with Gasteiger partial charge in [-0.1, -0.05) is 30.3 Å². The van der Waals surface area contributed by atoms with Gasteiger partial charge >= 0.3 is 37.4 Å². The van der Waals surface area contributed by atoms with E-state index in [-0.39, 0.29) is 63.7 Å². The predicted molar refractivity (Wildman–Crippen MR) is 111 cm³/mol. The average Bonchev–Trinajstić information content (AvgIpc) is 2.77. The standard InChI is InChI=1S/C22H21O8P.Na/c1-26-18-13-19(27-2)21(20(14-18)28-3)22(23)15-8-7-11-17(12-15)30-31(24,25)29-16-9-5-4-6-10-16;/h4-14H,1-3H3,(H,24,25);/q;+1/p-1. The van der Waals surface area contributed by atoms with Gasteiger partial charge in [0.15, 0.2) is 0 Å². The van der Waals surface area contributed by atoms with Gasteiger partial charge in [0.1, 0.15) is 34.3 Å². The number of carbonyl (C=O) groups excluding carboxylic acids is 1. The molecule has 1 atom stereocenters. The average molecular weight is 466 g/mol. The molecule has 3 aromatic rings. The Balaban J connectivity index is 0.00000363. The molecule has 0 saturated heterocycles. The maximum absolute atomic E-state index is 13.2. The molecule has 1 unspecified atom stereocenters. The molecule has 0 bridgehead atoms. The Morgan fingerprint density at radius 3 is 1.88 bits per heavy atom. The molecule has 3 rings (SSSR count). The van der Waals surface area contributed by atoms with Crippen LogP contribution in [-0.4, -0.2) is 27.1 Å². The number of hydrogen-bond acceptors (Lipinski definition) is 8. The molecule has 162 valence electrons. The number of rotatable bonds is 9. The maximum atomic E-state index is 13.2. The van der Waals surface area contributed by atoms with Crippen molar-refractivity contribution >= 4 is 13.6 Å². The molecule has 0 radical (unpaired) electrons. The fraction of sp³-hybridized carbons (Fsp3) is 0.136. The fourth-order valence-electron chi connectivity index (χ4n) is 2.83. The number of benzene rings is 3. The van der Waals surface area contributed by atoms with Gasteiger partial charge < -0.3 is 28.2 Å². The van der Waals surface area contributed by atoms with Gasteiger partial charge in [0, 0.05) is 17.7 Å². The van der Waals surface area contributed by atoms with Crippen LogP contribution in [0.3, 0.4) is 0 Å². The second kappa shape index (κ2) is 11.4. The Kier molecular flexibility index (Phi) is 9.19. The van der Waals surface area contributed by atoms with Crippen molar-refractivity contribution in [3.63, 3.8) is 0 Å². The largest absolute Gasteiger partial charge is 1.00 e. The molecule has 0 amide bonds.